The lowest BCUT2D eigenvalue weighted by atomic mass is 9.67. The van der Waals surface area contributed by atoms with Crippen molar-refractivity contribution >= 4 is 11.8 Å². The van der Waals surface area contributed by atoms with Crippen LogP contribution in [0.1, 0.15) is 32.6 Å². The first kappa shape index (κ1) is 12.5. The molecule has 1 aliphatic carbocycles. The predicted molar refractivity (Wildman–Crippen MR) is 67.8 cm³/mol. The lowest BCUT2D eigenvalue weighted by Crippen LogP contribution is -2.56. The number of hydroxylamine groups is 2. The van der Waals surface area contributed by atoms with Crippen molar-refractivity contribution in [1.29, 1.82) is 0 Å². The fourth-order valence-electron chi connectivity index (χ4n) is 4.23. The molecule has 6 nitrogen and oxygen atoms in total. The lowest BCUT2D eigenvalue weighted by molar-refractivity contribution is -0.386. The predicted octanol–water partition coefficient (Wildman–Crippen LogP) is 0.791. The van der Waals surface area contributed by atoms with Gasteiger partial charge in [0.25, 0.3) is 5.91 Å². The van der Waals surface area contributed by atoms with E-state index in [2.05, 4.69) is 6.92 Å². The van der Waals surface area contributed by atoms with E-state index in [1.807, 2.05) is 0 Å². The summed E-state index contributed by atoms with van der Waals surface area (Å²) in [6, 6.07) is 0. The SMILES string of the molecule is CC1=C2CCCC[C@@]23[C@@H]2C(=O)N(C)C(=O)[C@@H]2ON3OC1. The quantitative estimate of drug-likeness (QED) is 0.484. The minimum Gasteiger partial charge on any atom is -0.283 e. The van der Waals surface area contributed by atoms with Gasteiger partial charge in [0.05, 0.1) is 6.61 Å². The lowest BCUT2D eigenvalue weighted by Gasteiger charge is -2.46. The van der Waals surface area contributed by atoms with Crippen molar-refractivity contribution < 1.29 is 19.3 Å². The molecular formula is C14H18N2O4. The summed E-state index contributed by atoms with van der Waals surface area (Å²) < 4.78 is 0. The van der Waals surface area contributed by atoms with Gasteiger partial charge in [-0.1, -0.05) is 11.6 Å². The number of amides is 2. The van der Waals surface area contributed by atoms with Crippen LogP contribution in [0.15, 0.2) is 11.1 Å². The molecule has 0 N–H and O–H groups in total. The number of rotatable bonds is 0. The molecule has 3 aliphatic heterocycles. The van der Waals surface area contributed by atoms with Gasteiger partial charge in [-0.15, -0.1) is 0 Å². The van der Waals surface area contributed by atoms with E-state index in [0.717, 1.165) is 25.7 Å². The molecule has 3 heterocycles. The summed E-state index contributed by atoms with van der Waals surface area (Å²) >= 11 is 0. The van der Waals surface area contributed by atoms with E-state index in [9.17, 15) is 9.59 Å². The summed E-state index contributed by atoms with van der Waals surface area (Å²) in [7, 11) is 1.54. The van der Waals surface area contributed by atoms with Crippen LogP contribution in [-0.2, 0) is 19.3 Å². The summed E-state index contributed by atoms with van der Waals surface area (Å²) in [5.74, 6) is -0.847. The minimum atomic E-state index is -0.716. The molecule has 0 unspecified atom stereocenters. The average molecular weight is 278 g/mol. The zero-order chi connectivity index (χ0) is 14.1. The Morgan fingerprint density at radius 1 is 1.25 bits per heavy atom. The summed E-state index contributed by atoms with van der Waals surface area (Å²) in [6.07, 6.45) is 3.20. The van der Waals surface area contributed by atoms with E-state index in [-0.39, 0.29) is 11.8 Å². The summed E-state index contributed by atoms with van der Waals surface area (Å²) in [5, 5.41) is 1.48. The Kier molecular flexibility index (Phi) is 2.44. The van der Waals surface area contributed by atoms with Gasteiger partial charge in [0.2, 0.25) is 5.91 Å². The summed E-state index contributed by atoms with van der Waals surface area (Å²) in [4.78, 5) is 37.3. The van der Waals surface area contributed by atoms with Crippen molar-refractivity contribution in [2.45, 2.75) is 44.2 Å². The van der Waals surface area contributed by atoms with Crippen molar-refractivity contribution in [2.75, 3.05) is 13.7 Å². The highest BCUT2D eigenvalue weighted by Crippen LogP contribution is 2.55. The van der Waals surface area contributed by atoms with E-state index in [1.54, 1.807) is 0 Å². The molecule has 0 aromatic carbocycles. The number of carbonyl (C=O) groups excluding carboxylic acids is 2. The molecule has 1 saturated carbocycles. The smallest absolute Gasteiger partial charge is 0.261 e. The van der Waals surface area contributed by atoms with Gasteiger partial charge in [0.1, 0.15) is 11.5 Å². The van der Waals surface area contributed by atoms with Crippen LogP contribution in [0.25, 0.3) is 0 Å². The van der Waals surface area contributed by atoms with Crippen LogP contribution in [-0.4, -0.2) is 47.2 Å². The zero-order valence-corrected chi connectivity index (χ0v) is 11.7. The summed E-state index contributed by atoms with van der Waals surface area (Å²) in [6.45, 7) is 2.53. The topological polar surface area (TPSA) is 59.1 Å². The van der Waals surface area contributed by atoms with Gasteiger partial charge in [0, 0.05) is 7.05 Å². The fraction of sp³-hybridized carbons (Fsp3) is 0.714. The van der Waals surface area contributed by atoms with Crippen LogP contribution in [0.2, 0.25) is 0 Å². The van der Waals surface area contributed by atoms with Crippen LogP contribution >= 0.6 is 0 Å². The highest BCUT2D eigenvalue weighted by atomic mass is 17.0. The third-order valence-electron chi connectivity index (χ3n) is 5.19. The fourth-order valence-corrected chi connectivity index (χ4v) is 4.23. The maximum absolute atomic E-state index is 12.5. The van der Waals surface area contributed by atoms with Crippen molar-refractivity contribution in [3.8, 4) is 0 Å². The second-order valence-electron chi connectivity index (χ2n) is 6.16. The summed E-state index contributed by atoms with van der Waals surface area (Å²) in [5.41, 5.74) is 1.88. The van der Waals surface area contributed by atoms with Gasteiger partial charge >= 0.3 is 0 Å². The third-order valence-corrected chi connectivity index (χ3v) is 5.19. The second kappa shape index (κ2) is 3.90. The van der Waals surface area contributed by atoms with Crippen LogP contribution in [0.3, 0.4) is 0 Å². The Labute approximate surface area is 117 Å². The van der Waals surface area contributed by atoms with E-state index in [0.29, 0.717) is 6.61 Å². The Hall–Kier alpha value is -1.24. The number of likely N-dealkylation sites (N-methyl/N-ethyl adjacent to an activating group) is 1. The third kappa shape index (κ3) is 1.25. The van der Waals surface area contributed by atoms with Crippen LogP contribution in [0, 0.1) is 5.92 Å². The van der Waals surface area contributed by atoms with E-state index >= 15 is 0 Å². The number of imide groups is 1. The first-order valence-electron chi connectivity index (χ1n) is 7.18. The van der Waals surface area contributed by atoms with Gasteiger partial charge < -0.3 is 0 Å². The second-order valence-corrected chi connectivity index (χ2v) is 6.16. The van der Waals surface area contributed by atoms with E-state index < -0.39 is 17.6 Å². The number of hydrogen-bond acceptors (Lipinski definition) is 5. The minimum absolute atomic E-state index is 0.139. The monoisotopic (exact) mass is 278 g/mol. The average Bonchev–Trinajstić information content (AvgIpc) is 2.88. The Morgan fingerprint density at radius 2 is 2.05 bits per heavy atom. The Morgan fingerprint density at radius 3 is 2.85 bits per heavy atom. The number of hydrogen-bond donors (Lipinski definition) is 0. The number of likely N-dealkylation sites (tertiary alicyclic amines) is 1. The Bertz CT molecular complexity index is 543. The first-order valence-corrected chi connectivity index (χ1v) is 7.18. The number of fused-ring (bicyclic) bond motifs is 1. The van der Waals surface area contributed by atoms with Crippen molar-refractivity contribution in [2.24, 2.45) is 5.92 Å². The molecule has 6 heteroatoms. The molecule has 2 saturated heterocycles. The van der Waals surface area contributed by atoms with Gasteiger partial charge in [-0.2, -0.15) is 0 Å². The van der Waals surface area contributed by atoms with Crippen molar-refractivity contribution in [3.05, 3.63) is 11.1 Å². The van der Waals surface area contributed by atoms with Gasteiger partial charge in [-0.25, -0.2) is 0 Å². The molecule has 20 heavy (non-hydrogen) atoms. The molecule has 3 atom stereocenters. The molecular weight excluding hydrogens is 260 g/mol. The number of carbonyl (C=O) groups is 2. The molecule has 108 valence electrons. The maximum atomic E-state index is 12.5. The molecule has 3 fully saturated rings. The van der Waals surface area contributed by atoms with Crippen molar-refractivity contribution in [3.63, 3.8) is 0 Å². The van der Waals surface area contributed by atoms with Gasteiger partial charge in [-0.05, 0) is 37.3 Å². The molecule has 0 radical (unpaired) electrons. The standard InChI is InChI=1S/C14H18N2O4/c1-8-7-19-16-14(6-4-3-5-9(8)14)10-11(20-16)13(18)15(2)12(10)17/h10-11H,3-7H2,1-2H3/t10-,11+,14-/m0/s1. The van der Waals surface area contributed by atoms with Crippen molar-refractivity contribution in [1.82, 2.24) is 10.1 Å². The Balaban J connectivity index is 1.88. The normalized spacial score (nSPS) is 41.0. The van der Waals surface area contributed by atoms with Gasteiger partial charge in [0.15, 0.2) is 6.10 Å². The van der Waals surface area contributed by atoms with Crippen LogP contribution in [0.4, 0.5) is 0 Å². The molecule has 0 aromatic heterocycles. The van der Waals surface area contributed by atoms with Crippen LogP contribution in [0.5, 0.6) is 0 Å². The molecule has 4 rings (SSSR count). The molecule has 0 aromatic rings. The van der Waals surface area contributed by atoms with Gasteiger partial charge in [-0.3, -0.25) is 24.2 Å². The maximum Gasteiger partial charge on any atom is 0.261 e. The highest BCUT2D eigenvalue weighted by Gasteiger charge is 2.69. The first-order chi connectivity index (χ1) is 9.57. The van der Waals surface area contributed by atoms with E-state index in [1.165, 1.54) is 28.3 Å². The highest BCUT2D eigenvalue weighted by molar-refractivity contribution is 6.07. The largest absolute Gasteiger partial charge is 0.283 e. The molecule has 1 spiro atoms. The van der Waals surface area contributed by atoms with E-state index in [4.69, 9.17) is 9.68 Å². The molecule has 0 bridgehead atoms. The molecule has 4 aliphatic rings. The number of nitrogens with zero attached hydrogens (tertiary/aromatic N) is 2. The molecule has 2 amide bonds. The van der Waals surface area contributed by atoms with Crippen LogP contribution < -0.4 is 0 Å². The zero-order valence-electron chi connectivity index (χ0n) is 11.7.